The molecule has 3 heteroatoms. The molecule has 0 saturated heterocycles. The number of benzene rings is 2. The van der Waals surface area contributed by atoms with Crippen LogP contribution in [0.2, 0.25) is 5.02 Å². The number of aryl methyl sites for hydroxylation is 1. The van der Waals surface area contributed by atoms with E-state index in [0.29, 0.717) is 11.6 Å². The van der Waals surface area contributed by atoms with Crippen LogP contribution in [0.25, 0.3) is 0 Å². The fourth-order valence-electron chi connectivity index (χ4n) is 2.00. The molecule has 0 aliphatic carbocycles. The standard InChI is InChI=1S/C16H16ClNO/c1-12-6-3-4-9-15(12)16(19)18(2)11-13-7-5-8-14(17)10-13/h3-10H,11H2,1-2H3. The summed E-state index contributed by atoms with van der Waals surface area (Å²) >= 11 is 5.95. The normalized spacial score (nSPS) is 10.3. The molecular formula is C16H16ClNO. The molecule has 0 atom stereocenters. The van der Waals surface area contributed by atoms with Crippen LogP contribution in [0.4, 0.5) is 0 Å². The zero-order valence-corrected chi connectivity index (χ0v) is 11.8. The highest BCUT2D eigenvalue weighted by Crippen LogP contribution is 2.15. The monoisotopic (exact) mass is 273 g/mol. The van der Waals surface area contributed by atoms with Crippen molar-refractivity contribution in [2.24, 2.45) is 0 Å². The second-order valence-corrected chi connectivity index (χ2v) is 5.04. The van der Waals surface area contributed by atoms with Crippen LogP contribution in [0.3, 0.4) is 0 Å². The van der Waals surface area contributed by atoms with E-state index in [1.165, 1.54) is 0 Å². The molecule has 0 aliphatic rings. The quantitative estimate of drug-likeness (QED) is 0.830. The van der Waals surface area contributed by atoms with Gasteiger partial charge in [-0.05, 0) is 36.2 Å². The number of carbonyl (C=O) groups is 1. The van der Waals surface area contributed by atoms with Gasteiger partial charge in [-0.15, -0.1) is 0 Å². The van der Waals surface area contributed by atoms with Crippen LogP contribution in [0.15, 0.2) is 48.5 Å². The minimum atomic E-state index is 0.0260. The molecule has 0 heterocycles. The molecule has 0 aromatic heterocycles. The van der Waals surface area contributed by atoms with Crippen molar-refractivity contribution in [2.75, 3.05) is 7.05 Å². The van der Waals surface area contributed by atoms with Gasteiger partial charge >= 0.3 is 0 Å². The lowest BCUT2D eigenvalue weighted by atomic mass is 10.1. The molecule has 0 aliphatic heterocycles. The van der Waals surface area contributed by atoms with E-state index in [1.54, 1.807) is 11.9 Å². The van der Waals surface area contributed by atoms with Gasteiger partial charge in [0.1, 0.15) is 0 Å². The van der Waals surface area contributed by atoms with Gasteiger partial charge in [0.05, 0.1) is 0 Å². The lowest BCUT2D eigenvalue weighted by Gasteiger charge is -2.18. The Balaban J connectivity index is 2.14. The van der Waals surface area contributed by atoms with Gasteiger partial charge in [0, 0.05) is 24.2 Å². The Bertz CT molecular complexity index is 595. The summed E-state index contributed by atoms with van der Waals surface area (Å²) in [6.45, 7) is 2.49. The third-order valence-electron chi connectivity index (χ3n) is 3.03. The van der Waals surface area contributed by atoms with Gasteiger partial charge in [0.2, 0.25) is 0 Å². The van der Waals surface area contributed by atoms with Gasteiger partial charge in [-0.1, -0.05) is 41.9 Å². The van der Waals surface area contributed by atoms with Gasteiger partial charge in [-0.25, -0.2) is 0 Å². The second kappa shape index (κ2) is 5.89. The molecule has 2 rings (SSSR count). The second-order valence-electron chi connectivity index (χ2n) is 4.61. The van der Waals surface area contributed by atoms with Crippen molar-refractivity contribution >= 4 is 17.5 Å². The summed E-state index contributed by atoms with van der Waals surface area (Å²) in [4.78, 5) is 14.1. The highest BCUT2D eigenvalue weighted by Gasteiger charge is 2.13. The Kier molecular flexibility index (Phi) is 4.23. The maximum Gasteiger partial charge on any atom is 0.254 e. The lowest BCUT2D eigenvalue weighted by molar-refractivity contribution is 0.0784. The third kappa shape index (κ3) is 3.36. The molecule has 0 fully saturated rings. The number of carbonyl (C=O) groups excluding carboxylic acids is 1. The van der Waals surface area contributed by atoms with E-state index >= 15 is 0 Å². The van der Waals surface area contributed by atoms with E-state index in [1.807, 2.05) is 55.5 Å². The van der Waals surface area contributed by atoms with Crippen molar-refractivity contribution in [1.29, 1.82) is 0 Å². The summed E-state index contributed by atoms with van der Waals surface area (Å²) in [5, 5.41) is 0.689. The first-order valence-electron chi connectivity index (χ1n) is 6.13. The topological polar surface area (TPSA) is 20.3 Å². The van der Waals surface area contributed by atoms with E-state index in [0.717, 1.165) is 16.7 Å². The fourth-order valence-corrected chi connectivity index (χ4v) is 2.21. The van der Waals surface area contributed by atoms with Gasteiger partial charge in [0.25, 0.3) is 5.91 Å². The van der Waals surface area contributed by atoms with Crippen molar-refractivity contribution < 1.29 is 4.79 Å². The summed E-state index contributed by atoms with van der Waals surface area (Å²) in [7, 11) is 1.80. The number of amides is 1. The Morgan fingerprint density at radius 2 is 1.89 bits per heavy atom. The van der Waals surface area contributed by atoms with Crippen LogP contribution in [0.1, 0.15) is 21.5 Å². The summed E-state index contributed by atoms with van der Waals surface area (Å²) in [5.74, 6) is 0.0260. The predicted molar refractivity (Wildman–Crippen MR) is 78.4 cm³/mol. The molecule has 2 aromatic rings. The molecule has 0 spiro atoms. The van der Waals surface area contributed by atoms with Crippen LogP contribution < -0.4 is 0 Å². The zero-order chi connectivity index (χ0) is 13.8. The molecular weight excluding hydrogens is 258 g/mol. The van der Waals surface area contributed by atoms with Crippen LogP contribution >= 0.6 is 11.6 Å². The number of hydrogen-bond acceptors (Lipinski definition) is 1. The number of rotatable bonds is 3. The number of halogens is 1. The van der Waals surface area contributed by atoms with Gasteiger partial charge in [-0.2, -0.15) is 0 Å². The Morgan fingerprint density at radius 3 is 2.58 bits per heavy atom. The minimum absolute atomic E-state index is 0.0260. The van der Waals surface area contributed by atoms with E-state index in [4.69, 9.17) is 11.6 Å². The molecule has 0 N–H and O–H groups in total. The molecule has 2 aromatic carbocycles. The van der Waals surface area contributed by atoms with Gasteiger partial charge < -0.3 is 4.90 Å². The zero-order valence-electron chi connectivity index (χ0n) is 11.1. The first-order valence-corrected chi connectivity index (χ1v) is 6.51. The average Bonchev–Trinajstić information content (AvgIpc) is 2.38. The molecule has 19 heavy (non-hydrogen) atoms. The van der Waals surface area contributed by atoms with Crippen LogP contribution in [0, 0.1) is 6.92 Å². The summed E-state index contributed by atoms with van der Waals surface area (Å²) in [6, 6.07) is 15.2. The summed E-state index contributed by atoms with van der Waals surface area (Å²) < 4.78 is 0. The highest BCUT2D eigenvalue weighted by molar-refractivity contribution is 6.30. The fraction of sp³-hybridized carbons (Fsp3) is 0.188. The van der Waals surface area contributed by atoms with Gasteiger partial charge in [0.15, 0.2) is 0 Å². The molecule has 0 radical (unpaired) electrons. The summed E-state index contributed by atoms with van der Waals surface area (Å²) in [6.07, 6.45) is 0. The first kappa shape index (κ1) is 13.6. The van der Waals surface area contributed by atoms with Crippen LogP contribution in [0.5, 0.6) is 0 Å². The molecule has 1 amide bonds. The van der Waals surface area contributed by atoms with Crippen LogP contribution in [-0.2, 0) is 6.54 Å². The predicted octanol–water partition coefficient (Wildman–Crippen LogP) is 3.92. The molecule has 98 valence electrons. The first-order chi connectivity index (χ1) is 9.08. The maximum atomic E-state index is 12.3. The van der Waals surface area contributed by atoms with Crippen LogP contribution in [-0.4, -0.2) is 17.9 Å². The smallest absolute Gasteiger partial charge is 0.254 e. The van der Waals surface area contributed by atoms with Crippen molar-refractivity contribution in [3.63, 3.8) is 0 Å². The molecule has 0 saturated carbocycles. The van der Waals surface area contributed by atoms with E-state index in [2.05, 4.69) is 0 Å². The number of hydrogen-bond donors (Lipinski definition) is 0. The largest absolute Gasteiger partial charge is 0.337 e. The van der Waals surface area contributed by atoms with E-state index in [-0.39, 0.29) is 5.91 Å². The van der Waals surface area contributed by atoms with E-state index < -0.39 is 0 Å². The minimum Gasteiger partial charge on any atom is -0.337 e. The molecule has 0 bridgehead atoms. The average molecular weight is 274 g/mol. The Hall–Kier alpha value is -1.80. The van der Waals surface area contributed by atoms with E-state index in [9.17, 15) is 4.79 Å². The number of nitrogens with zero attached hydrogens (tertiary/aromatic N) is 1. The summed E-state index contributed by atoms with van der Waals surface area (Å²) in [5.41, 5.74) is 2.76. The third-order valence-corrected chi connectivity index (χ3v) is 3.27. The maximum absolute atomic E-state index is 12.3. The Labute approximate surface area is 118 Å². The van der Waals surface area contributed by atoms with Crippen molar-refractivity contribution in [3.05, 3.63) is 70.2 Å². The SMILES string of the molecule is Cc1ccccc1C(=O)N(C)Cc1cccc(Cl)c1. The Morgan fingerprint density at radius 1 is 1.16 bits per heavy atom. The molecule has 0 unspecified atom stereocenters. The van der Waals surface area contributed by atoms with Gasteiger partial charge in [-0.3, -0.25) is 4.79 Å². The van der Waals surface area contributed by atoms with Crippen molar-refractivity contribution in [2.45, 2.75) is 13.5 Å². The lowest BCUT2D eigenvalue weighted by Crippen LogP contribution is -2.26. The molecule has 2 nitrogen and oxygen atoms in total. The highest BCUT2D eigenvalue weighted by atomic mass is 35.5. The van der Waals surface area contributed by atoms with Crippen molar-refractivity contribution in [3.8, 4) is 0 Å². The van der Waals surface area contributed by atoms with Crippen molar-refractivity contribution in [1.82, 2.24) is 4.90 Å².